The van der Waals surface area contributed by atoms with Crippen LogP contribution in [0.15, 0.2) is 36.4 Å². The van der Waals surface area contributed by atoms with Crippen molar-refractivity contribution >= 4 is 11.6 Å². The van der Waals surface area contributed by atoms with Crippen molar-refractivity contribution < 1.29 is 4.79 Å². The van der Waals surface area contributed by atoms with Gasteiger partial charge in [-0.15, -0.1) is 0 Å². The molecule has 1 aromatic rings. The maximum absolute atomic E-state index is 12.8. The third kappa shape index (κ3) is 1.73. The van der Waals surface area contributed by atoms with Crippen LogP contribution in [0.25, 0.3) is 0 Å². The largest absolute Gasteiger partial charge is 0.312 e. The van der Waals surface area contributed by atoms with Crippen LogP contribution in [0.1, 0.15) is 24.8 Å². The Morgan fingerprint density at radius 1 is 1.16 bits per heavy atom. The zero-order valence-corrected chi connectivity index (χ0v) is 11.1. The van der Waals surface area contributed by atoms with Crippen LogP contribution in [0.3, 0.4) is 0 Å². The van der Waals surface area contributed by atoms with Crippen molar-refractivity contribution in [3.8, 4) is 0 Å². The van der Waals surface area contributed by atoms with Crippen molar-refractivity contribution in [2.75, 3.05) is 11.4 Å². The Hall–Kier alpha value is -1.57. The molecule has 1 heterocycles. The lowest BCUT2D eigenvalue weighted by atomic mass is 9.90. The van der Waals surface area contributed by atoms with E-state index in [-0.39, 0.29) is 5.92 Å². The fourth-order valence-electron chi connectivity index (χ4n) is 4.03. The summed E-state index contributed by atoms with van der Waals surface area (Å²) in [6, 6.07) is 8.39. The van der Waals surface area contributed by atoms with Gasteiger partial charge in [0.15, 0.2) is 0 Å². The Labute approximate surface area is 114 Å². The number of hydrogen-bond donors (Lipinski definition) is 0. The molecule has 0 aromatic heterocycles. The summed E-state index contributed by atoms with van der Waals surface area (Å²) >= 11 is 0. The van der Waals surface area contributed by atoms with Gasteiger partial charge < -0.3 is 4.90 Å². The lowest BCUT2D eigenvalue weighted by Gasteiger charge is -2.33. The lowest BCUT2D eigenvalue weighted by Crippen LogP contribution is -2.40. The van der Waals surface area contributed by atoms with Crippen LogP contribution >= 0.6 is 0 Å². The molecular formula is C17H19NO. The van der Waals surface area contributed by atoms with Gasteiger partial charge in [0.25, 0.3) is 0 Å². The van der Waals surface area contributed by atoms with Crippen LogP contribution in [0.2, 0.25) is 0 Å². The highest BCUT2D eigenvalue weighted by molar-refractivity contribution is 5.96. The molecule has 0 spiro atoms. The van der Waals surface area contributed by atoms with Gasteiger partial charge in [0.2, 0.25) is 5.91 Å². The first-order valence-electron chi connectivity index (χ1n) is 7.40. The van der Waals surface area contributed by atoms with Crippen LogP contribution in [0.4, 0.5) is 5.69 Å². The Bertz CT molecular complexity index is 548. The molecule has 1 aliphatic heterocycles. The number of allylic oxidation sites excluding steroid dienone is 2. The molecule has 2 aliphatic carbocycles. The first-order valence-corrected chi connectivity index (χ1v) is 7.40. The number of carbonyl (C=O) groups excluding carboxylic acids is 1. The second-order valence-electron chi connectivity index (χ2n) is 6.11. The molecule has 2 nitrogen and oxygen atoms in total. The van der Waals surface area contributed by atoms with Gasteiger partial charge in [0.05, 0.1) is 0 Å². The Balaban J connectivity index is 1.63. The van der Waals surface area contributed by atoms with Gasteiger partial charge in [0, 0.05) is 18.2 Å². The fourth-order valence-corrected chi connectivity index (χ4v) is 4.03. The van der Waals surface area contributed by atoms with Crippen molar-refractivity contribution in [3.63, 3.8) is 0 Å². The van der Waals surface area contributed by atoms with E-state index in [0.717, 1.165) is 31.5 Å². The molecule has 0 N–H and O–H groups in total. The second kappa shape index (κ2) is 4.22. The molecule has 1 aromatic carbocycles. The maximum atomic E-state index is 12.8. The normalized spacial score (nSPS) is 31.6. The first-order chi connectivity index (χ1) is 9.33. The average Bonchev–Trinajstić information content (AvgIpc) is 3.08. The quantitative estimate of drug-likeness (QED) is 0.704. The Morgan fingerprint density at radius 2 is 2.05 bits per heavy atom. The van der Waals surface area contributed by atoms with Crippen molar-refractivity contribution in [2.24, 2.45) is 17.8 Å². The molecule has 1 saturated carbocycles. The molecule has 3 atom stereocenters. The van der Waals surface area contributed by atoms with Gasteiger partial charge in [0.1, 0.15) is 0 Å². The van der Waals surface area contributed by atoms with E-state index in [0.29, 0.717) is 17.7 Å². The van der Waals surface area contributed by atoms with Crippen LogP contribution in [0, 0.1) is 17.8 Å². The molecule has 19 heavy (non-hydrogen) atoms. The minimum absolute atomic E-state index is 0.237. The highest BCUT2D eigenvalue weighted by Crippen LogP contribution is 2.45. The number of benzene rings is 1. The Morgan fingerprint density at radius 3 is 2.84 bits per heavy atom. The summed E-state index contributed by atoms with van der Waals surface area (Å²) in [6.45, 7) is 0.896. The summed E-state index contributed by atoms with van der Waals surface area (Å²) < 4.78 is 0. The minimum Gasteiger partial charge on any atom is -0.312 e. The number of anilines is 1. The van der Waals surface area contributed by atoms with Crippen LogP contribution in [0.5, 0.6) is 0 Å². The predicted molar refractivity (Wildman–Crippen MR) is 76.0 cm³/mol. The molecule has 2 bridgehead atoms. The predicted octanol–water partition coefficient (Wildman–Crippen LogP) is 3.18. The van der Waals surface area contributed by atoms with Gasteiger partial charge in [-0.1, -0.05) is 30.4 Å². The van der Waals surface area contributed by atoms with E-state index < -0.39 is 0 Å². The number of aryl methyl sites for hydroxylation is 1. The van der Waals surface area contributed by atoms with Crippen molar-refractivity contribution in [1.82, 2.24) is 0 Å². The fraction of sp³-hybridized carbons (Fsp3) is 0.471. The summed E-state index contributed by atoms with van der Waals surface area (Å²) in [6.07, 6.45) is 9.05. The molecule has 4 rings (SSSR count). The zero-order valence-electron chi connectivity index (χ0n) is 11.1. The number of nitrogens with zero attached hydrogens (tertiary/aromatic N) is 1. The third-order valence-electron chi connectivity index (χ3n) is 4.97. The summed E-state index contributed by atoms with van der Waals surface area (Å²) in [4.78, 5) is 14.9. The number of hydrogen-bond acceptors (Lipinski definition) is 1. The summed E-state index contributed by atoms with van der Waals surface area (Å²) in [5.74, 6) is 1.77. The molecule has 1 amide bonds. The number of carbonyl (C=O) groups is 1. The average molecular weight is 253 g/mol. The molecule has 0 radical (unpaired) electrons. The molecule has 1 fully saturated rings. The van der Waals surface area contributed by atoms with Gasteiger partial charge in [-0.2, -0.15) is 0 Å². The van der Waals surface area contributed by atoms with E-state index in [1.807, 2.05) is 6.07 Å². The molecule has 0 unspecified atom stereocenters. The van der Waals surface area contributed by atoms with E-state index in [9.17, 15) is 4.79 Å². The zero-order chi connectivity index (χ0) is 12.8. The molecule has 3 aliphatic rings. The van der Waals surface area contributed by atoms with E-state index in [4.69, 9.17) is 0 Å². The number of amides is 1. The number of para-hydroxylation sites is 1. The van der Waals surface area contributed by atoms with Crippen molar-refractivity contribution in [1.29, 1.82) is 0 Å². The number of fused-ring (bicyclic) bond motifs is 3. The van der Waals surface area contributed by atoms with E-state index in [1.54, 1.807) is 0 Å². The minimum atomic E-state index is 0.237. The van der Waals surface area contributed by atoms with Crippen LogP contribution in [-0.2, 0) is 11.2 Å². The lowest BCUT2D eigenvalue weighted by molar-refractivity contribution is -0.123. The molecule has 98 valence electrons. The summed E-state index contributed by atoms with van der Waals surface area (Å²) in [5.41, 5.74) is 2.49. The van der Waals surface area contributed by atoms with E-state index in [2.05, 4.69) is 35.3 Å². The van der Waals surface area contributed by atoms with Gasteiger partial charge >= 0.3 is 0 Å². The highest BCUT2D eigenvalue weighted by Gasteiger charge is 2.42. The molecule has 2 heteroatoms. The van der Waals surface area contributed by atoms with Crippen molar-refractivity contribution in [2.45, 2.75) is 25.7 Å². The monoisotopic (exact) mass is 253 g/mol. The van der Waals surface area contributed by atoms with Crippen LogP contribution < -0.4 is 4.90 Å². The first kappa shape index (κ1) is 11.3. The molecular weight excluding hydrogens is 234 g/mol. The smallest absolute Gasteiger partial charge is 0.230 e. The maximum Gasteiger partial charge on any atom is 0.230 e. The summed E-state index contributed by atoms with van der Waals surface area (Å²) in [7, 11) is 0. The van der Waals surface area contributed by atoms with E-state index in [1.165, 1.54) is 12.0 Å². The van der Waals surface area contributed by atoms with Crippen molar-refractivity contribution in [3.05, 3.63) is 42.0 Å². The Kier molecular flexibility index (Phi) is 2.51. The third-order valence-corrected chi connectivity index (χ3v) is 4.97. The topological polar surface area (TPSA) is 20.3 Å². The van der Waals surface area contributed by atoms with Gasteiger partial charge in [-0.3, -0.25) is 4.79 Å². The SMILES string of the molecule is O=C([C@H]1C[C@@H]2C=C[C@@H]1C2)N1CCCc2ccccc21. The molecule has 0 saturated heterocycles. The second-order valence-corrected chi connectivity index (χ2v) is 6.11. The number of rotatable bonds is 1. The summed E-state index contributed by atoms with van der Waals surface area (Å²) in [5, 5.41) is 0. The highest BCUT2D eigenvalue weighted by atomic mass is 16.2. The van der Waals surface area contributed by atoms with Gasteiger partial charge in [-0.25, -0.2) is 0 Å². The standard InChI is InChI=1S/C17H19NO/c19-17(15-11-12-7-8-14(15)10-12)18-9-3-5-13-4-1-2-6-16(13)18/h1-2,4,6-8,12,14-15H,3,5,9-11H2/t12-,14-,15+/m1/s1. The van der Waals surface area contributed by atoms with Gasteiger partial charge in [-0.05, 0) is 49.1 Å². The van der Waals surface area contributed by atoms with Crippen LogP contribution in [-0.4, -0.2) is 12.5 Å². The van der Waals surface area contributed by atoms with E-state index >= 15 is 0 Å².